The van der Waals surface area contributed by atoms with Crippen LogP contribution in [0.4, 0.5) is 17.3 Å². The first-order valence-electron chi connectivity index (χ1n) is 7.20. The van der Waals surface area contributed by atoms with E-state index in [0.29, 0.717) is 0 Å². The van der Waals surface area contributed by atoms with E-state index in [9.17, 15) is 0 Å². The SMILES string of the molecule is CNc1cc(Nc2cc(C)cc(C)c2)nc(C(C)(C)C)n1. The summed E-state index contributed by atoms with van der Waals surface area (Å²) < 4.78 is 0. The number of hydrogen-bond donors (Lipinski definition) is 2. The molecule has 0 unspecified atom stereocenters. The first kappa shape index (κ1) is 15.3. The summed E-state index contributed by atoms with van der Waals surface area (Å²) in [5.74, 6) is 2.45. The van der Waals surface area contributed by atoms with Crippen LogP contribution in [-0.2, 0) is 5.41 Å². The van der Waals surface area contributed by atoms with Crippen LogP contribution in [0.2, 0.25) is 0 Å². The van der Waals surface area contributed by atoms with E-state index in [1.807, 2.05) is 13.1 Å². The van der Waals surface area contributed by atoms with Crippen molar-refractivity contribution in [1.82, 2.24) is 9.97 Å². The van der Waals surface area contributed by atoms with Crippen molar-refractivity contribution < 1.29 is 0 Å². The summed E-state index contributed by atoms with van der Waals surface area (Å²) in [6, 6.07) is 8.31. The van der Waals surface area contributed by atoms with Gasteiger partial charge in [-0.15, -0.1) is 0 Å². The first-order chi connectivity index (χ1) is 9.77. The van der Waals surface area contributed by atoms with E-state index in [0.717, 1.165) is 23.1 Å². The second-order valence-corrected chi connectivity index (χ2v) is 6.46. The fourth-order valence-corrected chi connectivity index (χ4v) is 2.17. The van der Waals surface area contributed by atoms with Gasteiger partial charge in [-0.25, -0.2) is 9.97 Å². The van der Waals surface area contributed by atoms with Gasteiger partial charge >= 0.3 is 0 Å². The third kappa shape index (κ3) is 3.94. The zero-order chi connectivity index (χ0) is 15.6. The molecule has 0 saturated heterocycles. The van der Waals surface area contributed by atoms with Crippen molar-refractivity contribution in [3.8, 4) is 0 Å². The highest BCUT2D eigenvalue weighted by Crippen LogP contribution is 2.24. The molecule has 0 spiro atoms. The Bertz CT molecular complexity index is 621. The molecule has 2 N–H and O–H groups in total. The first-order valence-corrected chi connectivity index (χ1v) is 7.20. The topological polar surface area (TPSA) is 49.8 Å². The third-order valence-electron chi connectivity index (χ3n) is 3.15. The van der Waals surface area contributed by atoms with Crippen LogP contribution in [0.5, 0.6) is 0 Å². The molecular weight excluding hydrogens is 260 g/mol. The lowest BCUT2D eigenvalue weighted by molar-refractivity contribution is 0.547. The van der Waals surface area contributed by atoms with Gasteiger partial charge < -0.3 is 10.6 Å². The Balaban J connectivity index is 2.39. The molecule has 4 heteroatoms. The van der Waals surface area contributed by atoms with E-state index >= 15 is 0 Å². The summed E-state index contributed by atoms with van der Waals surface area (Å²) in [6.07, 6.45) is 0. The molecule has 1 aromatic carbocycles. The van der Waals surface area contributed by atoms with Crippen LogP contribution in [0.25, 0.3) is 0 Å². The highest BCUT2D eigenvalue weighted by Gasteiger charge is 2.19. The predicted molar refractivity (Wildman–Crippen MR) is 89.5 cm³/mol. The largest absolute Gasteiger partial charge is 0.373 e. The standard InChI is InChI=1S/C17H24N4/c1-11-7-12(2)9-13(8-11)19-15-10-14(18-6)20-16(21-15)17(3,4)5/h7-10H,1-6H3,(H2,18,19,20,21). The number of hydrogen-bond acceptors (Lipinski definition) is 4. The van der Waals surface area contributed by atoms with E-state index in [1.54, 1.807) is 0 Å². The van der Waals surface area contributed by atoms with Gasteiger partial charge in [0, 0.05) is 24.2 Å². The second kappa shape index (κ2) is 5.72. The van der Waals surface area contributed by atoms with E-state index in [1.165, 1.54) is 11.1 Å². The van der Waals surface area contributed by atoms with Crippen LogP contribution in [0.1, 0.15) is 37.7 Å². The average Bonchev–Trinajstić information content (AvgIpc) is 2.36. The molecule has 21 heavy (non-hydrogen) atoms. The van der Waals surface area contributed by atoms with Crippen molar-refractivity contribution in [3.05, 3.63) is 41.2 Å². The Kier molecular flexibility index (Phi) is 4.16. The maximum Gasteiger partial charge on any atom is 0.138 e. The fraction of sp³-hybridized carbons (Fsp3) is 0.412. The van der Waals surface area contributed by atoms with E-state index in [-0.39, 0.29) is 5.41 Å². The lowest BCUT2D eigenvalue weighted by Gasteiger charge is -2.19. The molecule has 0 amide bonds. The van der Waals surface area contributed by atoms with Crippen LogP contribution in [0, 0.1) is 13.8 Å². The number of nitrogens with zero attached hydrogens (tertiary/aromatic N) is 2. The van der Waals surface area contributed by atoms with Gasteiger partial charge in [0.1, 0.15) is 17.5 Å². The smallest absolute Gasteiger partial charge is 0.138 e. The molecule has 0 radical (unpaired) electrons. The summed E-state index contributed by atoms with van der Waals surface area (Å²) in [5.41, 5.74) is 3.42. The van der Waals surface area contributed by atoms with Crippen molar-refractivity contribution in [3.63, 3.8) is 0 Å². The predicted octanol–water partition coefficient (Wildman–Crippen LogP) is 4.18. The lowest BCUT2D eigenvalue weighted by Crippen LogP contribution is -2.17. The van der Waals surface area contributed by atoms with Crippen LogP contribution < -0.4 is 10.6 Å². The molecule has 0 saturated carbocycles. The van der Waals surface area contributed by atoms with Gasteiger partial charge in [0.05, 0.1) is 0 Å². The summed E-state index contributed by atoms with van der Waals surface area (Å²) in [4.78, 5) is 9.18. The Morgan fingerprint density at radius 2 is 1.43 bits per heavy atom. The zero-order valence-corrected chi connectivity index (χ0v) is 13.7. The maximum absolute atomic E-state index is 4.65. The van der Waals surface area contributed by atoms with Gasteiger partial charge in [0.25, 0.3) is 0 Å². The van der Waals surface area contributed by atoms with Crippen LogP contribution in [0.15, 0.2) is 24.3 Å². The van der Waals surface area contributed by atoms with Crippen LogP contribution >= 0.6 is 0 Å². The molecule has 1 aromatic heterocycles. The molecule has 0 aliphatic carbocycles. The van der Waals surface area contributed by atoms with Crippen molar-refractivity contribution in [2.75, 3.05) is 17.7 Å². The Labute approximate surface area is 127 Å². The molecule has 0 aliphatic rings. The molecule has 2 rings (SSSR count). The number of aryl methyl sites for hydroxylation is 2. The summed E-state index contributed by atoms with van der Waals surface area (Å²) in [5, 5.41) is 6.48. The number of rotatable bonds is 3. The highest BCUT2D eigenvalue weighted by molar-refractivity contribution is 5.61. The highest BCUT2D eigenvalue weighted by atomic mass is 15.1. The van der Waals surface area contributed by atoms with E-state index in [4.69, 9.17) is 0 Å². The third-order valence-corrected chi connectivity index (χ3v) is 3.15. The van der Waals surface area contributed by atoms with Gasteiger partial charge in [-0.3, -0.25) is 0 Å². The molecule has 0 fully saturated rings. The molecule has 0 aliphatic heterocycles. The molecule has 2 aromatic rings. The molecule has 4 nitrogen and oxygen atoms in total. The van der Waals surface area contributed by atoms with Crippen LogP contribution in [-0.4, -0.2) is 17.0 Å². The summed E-state index contributed by atoms with van der Waals surface area (Å²) in [6.45, 7) is 10.5. The molecule has 0 bridgehead atoms. The Hall–Kier alpha value is -2.10. The lowest BCUT2D eigenvalue weighted by atomic mass is 9.96. The molecule has 112 valence electrons. The summed E-state index contributed by atoms with van der Waals surface area (Å²) >= 11 is 0. The Morgan fingerprint density at radius 1 is 0.857 bits per heavy atom. The molecule has 1 heterocycles. The minimum absolute atomic E-state index is 0.0915. The van der Waals surface area contributed by atoms with Crippen molar-refractivity contribution in [1.29, 1.82) is 0 Å². The average molecular weight is 284 g/mol. The normalized spacial score (nSPS) is 11.3. The number of nitrogens with one attached hydrogen (secondary N) is 2. The van der Waals surface area contributed by atoms with E-state index < -0.39 is 0 Å². The van der Waals surface area contributed by atoms with Gasteiger partial charge in [-0.1, -0.05) is 26.8 Å². The zero-order valence-electron chi connectivity index (χ0n) is 13.7. The quantitative estimate of drug-likeness (QED) is 0.888. The van der Waals surface area contributed by atoms with Gasteiger partial charge in [0.15, 0.2) is 0 Å². The van der Waals surface area contributed by atoms with Gasteiger partial charge in [-0.05, 0) is 37.1 Å². The number of aromatic nitrogens is 2. The molecule has 0 atom stereocenters. The van der Waals surface area contributed by atoms with Gasteiger partial charge in [-0.2, -0.15) is 0 Å². The minimum Gasteiger partial charge on any atom is -0.373 e. The molecular formula is C17H24N4. The van der Waals surface area contributed by atoms with Crippen molar-refractivity contribution >= 4 is 17.3 Å². The fourth-order valence-electron chi connectivity index (χ4n) is 2.17. The van der Waals surface area contributed by atoms with Crippen molar-refractivity contribution in [2.45, 2.75) is 40.0 Å². The number of anilines is 3. The summed E-state index contributed by atoms with van der Waals surface area (Å²) in [7, 11) is 1.87. The number of benzene rings is 1. The Morgan fingerprint density at radius 3 is 1.95 bits per heavy atom. The van der Waals surface area contributed by atoms with Gasteiger partial charge in [0.2, 0.25) is 0 Å². The monoisotopic (exact) mass is 284 g/mol. The minimum atomic E-state index is -0.0915. The van der Waals surface area contributed by atoms with E-state index in [2.05, 4.69) is 73.4 Å². The maximum atomic E-state index is 4.65. The van der Waals surface area contributed by atoms with Crippen LogP contribution in [0.3, 0.4) is 0 Å². The van der Waals surface area contributed by atoms with Crippen molar-refractivity contribution in [2.24, 2.45) is 0 Å². The second-order valence-electron chi connectivity index (χ2n) is 6.46.